The lowest BCUT2D eigenvalue weighted by Crippen LogP contribution is -2.70. The molecular weight excluding hydrogens is 1400 g/mol. The molecule has 0 saturated carbocycles. The largest absolute Gasteiger partial charge is 0.327 e. The number of hydrogen-bond acceptors (Lipinski definition) is 9. The van der Waals surface area contributed by atoms with Crippen molar-refractivity contribution in [3.63, 3.8) is 0 Å². The van der Waals surface area contributed by atoms with E-state index < -0.39 is 0 Å². The predicted molar refractivity (Wildman–Crippen MR) is 472 cm³/mol. The van der Waals surface area contributed by atoms with Crippen LogP contribution in [0.2, 0.25) is 0 Å². The van der Waals surface area contributed by atoms with Crippen LogP contribution in [0.1, 0.15) is 162 Å². The van der Waals surface area contributed by atoms with Crippen molar-refractivity contribution in [2.75, 3.05) is 0 Å². The summed E-state index contributed by atoms with van der Waals surface area (Å²) in [6.07, 6.45) is 44.5. The van der Waals surface area contributed by atoms with E-state index in [9.17, 15) is 0 Å². The van der Waals surface area contributed by atoms with E-state index in [0.717, 1.165) is 64.2 Å². The van der Waals surface area contributed by atoms with Crippen LogP contribution in [0.15, 0.2) is 221 Å². The standard InChI is InChI=1S/C20H18BN2.4C20H17BN2/c1-13-5-3-6-14-9-16-11-22-12-17-10-15-7-4-8-23(2)20(15)21(18(13)14)19(16)17;2*1-12-4-3-5-14-6-16-10-23-11-17-7-15-9-22-8-13(2)19(15)21(18(12)14)20(16)17;1-12-4-3-5-14-8-15-6-7-23-17-9-16-11-22-10-13(2)19(16)21(18(12)14)20(15)17;1-12-4-3-5-14-8-15-10-22-11-16-9-17-19(13(2)6-7-23-17)21(18(12)14)20(15)16/h3-8,11-12H,9-10H2,1-2H3;2*3-5,8-11H,6-7H2,1-2H3;2*3-7,10-11H,8-9H2,1-2H3/q+1;;;;. The average Bonchev–Trinajstić information content (AvgIpc) is 0.747. The first-order chi connectivity index (χ1) is 56.2. The van der Waals surface area contributed by atoms with Crippen LogP contribution in [-0.4, -0.2) is 78.4 Å². The van der Waals surface area contributed by atoms with Crippen LogP contribution >= 0.6 is 0 Å². The normalized spacial score (nSPS) is 14.1. The molecule has 10 aliphatic rings. The van der Waals surface area contributed by atoms with Gasteiger partial charge in [-0.25, -0.2) is 4.57 Å². The van der Waals surface area contributed by atoms with Crippen molar-refractivity contribution >= 4 is 116 Å². The number of hydrogen-bond donors (Lipinski definition) is 0. The zero-order valence-electron chi connectivity index (χ0n) is 67.2. The van der Waals surface area contributed by atoms with Gasteiger partial charge < -0.3 is 0 Å². The average molecular weight is 1480 g/mol. The first-order valence-corrected chi connectivity index (χ1v) is 41.1. The van der Waals surface area contributed by atoms with E-state index in [1.54, 1.807) is 0 Å². The maximum Gasteiger partial charge on any atom is 0.327 e. The second kappa shape index (κ2) is 27.9. The molecule has 0 unspecified atom stereocenters. The van der Waals surface area contributed by atoms with Gasteiger partial charge >= 0.3 is 6.71 Å². The van der Waals surface area contributed by atoms with Gasteiger partial charge in [-0.05, 0) is 248 Å². The van der Waals surface area contributed by atoms with Crippen molar-refractivity contribution in [1.29, 1.82) is 0 Å². The van der Waals surface area contributed by atoms with E-state index >= 15 is 0 Å². The first-order valence-electron chi connectivity index (χ1n) is 41.1. The third-order valence-electron chi connectivity index (χ3n) is 27.3. The Hall–Kier alpha value is -12.1. The third-order valence-corrected chi connectivity index (χ3v) is 27.3. The summed E-state index contributed by atoms with van der Waals surface area (Å²) >= 11 is 0. The lowest BCUT2D eigenvalue weighted by atomic mass is 9.30. The van der Waals surface area contributed by atoms with Crippen LogP contribution < -0.4 is 86.6 Å². The Labute approximate surface area is 676 Å². The van der Waals surface area contributed by atoms with Gasteiger partial charge in [0.05, 0.1) is 0 Å². The molecule has 0 amide bonds. The summed E-state index contributed by atoms with van der Waals surface area (Å²) in [5.41, 5.74) is 62.2. The van der Waals surface area contributed by atoms with Crippen LogP contribution in [0.4, 0.5) is 0 Å². The van der Waals surface area contributed by atoms with Crippen LogP contribution in [0.25, 0.3) is 0 Å². The number of aryl methyl sites for hydroxylation is 10. The van der Waals surface area contributed by atoms with Gasteiger partial charge in [0.25, 0.3) is 0 Å². The second-order valence-electron chi connectivity index (χ2n) is 34.1. The lowest BCUT2D eigenvalue weighted by Gasteiger charge is -2.35. The fourth-order valence-electron chi connectivity index (χ4n) is 22.7. The quantitative estimate of drug-likeness (QED) is 0.129. The third kappa shape index (κ3) is 11.5. The van der Waals surface area contributed by atoms with Crippen molar-refractivity contribution in [3.05, 3.63) is 382 Å². The number of benzene rings is 5. The number of fused-ring (bicyclic) bond motifs is 20. The number of nitrogens with zero attached hydrogens (tertiary/aromatic N) is 10. The molecule has 0 saturated heterocycles. The van der Waals surface area contributed by atoms with Crippen molar-refractivity contribution in [3.8, 4) is 0 Å². The molecule has 25 rings (SSSR count). The number of aromatic nitrogens is 10. The Bertz CT molecular complexity index is 5200. The highest BCUT2D eigenvalue weighted by molar-refractivity contribution is 7.00. The van der Waals surface area contributed by atoms with Gasteiger partial charge in [-0.3, -0.25) is 44.9 Å². The van der Waals surface area contributed by atoms with E-state index in [1.807, 2.05) is 55.8 Å². The van der Waals surface area contributed by atoms with Crippen LogP contribution in [0.5, 0.6) is 0 Å². The molecule has 0 bridgehead atoms. The van der Waals surface area contributed by atoms with E-state index in [0.29, 0.717) is 33.6 Å². The highest BCUT2D eigenvalue weighted by atomic mass is 14.9. The molecule has 0 N–H and O–H groups in total. The number of pyridine rings is 10. The summed E-state index contributed by atoms with van der Waals surface area (Å²) in [5.74, 6) is 0. The molecule has 10 aliphatic heterocycles. The molecule has 0 aliphatic carbocycles. The highest BCUT2D eigenvalue weighted by Gasteiger charge is 2.46. The van der Waals surface area contributed by atoms with Crippen molar-refractivity contribution in [1.82, 2.24) is 44.9 Å². The Morgan fingerprint density at radius 2 is 0.452 bits per heavy atom. The zero-order valence-corrected chi connectivity index (χ0v) is 67.2. The minimum Gasteiger partial charge on any atom is -0.264 e. The van der Waals surface area contributed by atoms with E-state index in [4.69, 9.17) is 9.97 Å². The van der Waals surface area contributed by atoms with Gasteiger partial charge in [0.2, 0.25) is 26.9 Å². The van der Waals surface area contributed by atoms with Crippen molar-refractivity contribution < 1.29 is 4.57 Å². The van der Waals surface area contributed by atoms with Gasteiger partial charge in [-0.2, -0.15) is 0 Å². The maximum absolute atomic E-state index is 4.72. The Kier molecular flexibility index (Phi) is 17.2. The highest BCUT2D eigenvalue weighted by Crippen LogP contribution is 2.30. The van der Waals surface area contributed by atoms with Gasteiger partial charge in [0.1, 0.15) is 12.6 Å². The molecule has 550 valence electrons. The molecule has 20 heterocycles. The molecule has 0 spiro atoms. The molecule has 10 nitrogen and oxygen atoms in total. The Balaban J connectivity index is 0.0000000900. The van der Waals surface area contributed by atoms with Crippen LogP contribution in [0, 0.1) is 62.3 Å². The lowest BCUT2D eigenvalue weighted by molar-refractivity contribution is -0.654. The topological polar surface area (TPSA) is 120 Å². The molecular formula is C100H86B5N10+. The van der Waals surface area contributed by atoms with Gasteiger partial charge in [0.15, 0.2) is 6.20 Å². The molecule has 5 aromatic carbocycles. The predicted octanol–water partition coefficient (Wildman–Crippen LogP) is 6.21. The molecule has 15 aromatic rings. The minimum atomic E-state index is 0.324. The number of rotatable bonds is 0. The molecule has 0 fully saturated rings. The monoisotopic (exact) mass is 1480 g/mol. The van der Waals surface area contributed by atoms with Crippen LogP contribution in [0.3, 0.4) is 0 Å². The Morgan fingerprint density at radius 3 is 0.843 bits per heavy atom. The smallest absolute Gasteiger partial charge is 0.264 e. The Morgan fingerprint density at radius 1 is 0.209 bits per heavy atom. The molecule has 0 radical (unpaired) electrons. The summed E-state index contributed by atoms with van der Waals surface area (Å²) in [7, 11) is 2.18. The first kappa shape index (κ1) is 70.8. The fraction of sp³-hybridized carbons (Fsp3) is 0.200. The van der Waals surface area contributed by atoms with E-state index in [1.165, 1.54) is 244 Å². The maximum atomic E-state index is 4.72. The summed E-state index contributed by atoms with van der Waals surface area (Å²) < 4.78 is 2.31. The molecule has 115 heavy (non-hydrogen) atoms. The summed E-state index contributed by atoms with van der Waals surface area (Å²) in [6, 6.07) is 42.3. The van der Waals surface area contributed by atoms with Crippen molar-refractivity contribution in [2.45, 2.75) is 127 Å². The fourth-order valence-corrected chi connectivity index (χ4v) is 22.7. The van der Waals surface area contributed by atoms with Crippen molar-refractivity contribution in [2.24, 2.45) is 7.05 Å². The van der Waals surface area contributed by atoms with Gasteiger partial charge in [-0.15, -0.1) is 0 Å². The summed E-state index contributed by atoms with van der Waals surface area (Å²) in [6.45, 7) is 21.7. The second-order valence-corrected chi connectivity index (χ2v) is 34.1. The van der Waals surface area contributed by atoms with Crippen LogP contribution in [-0.2, 0) is 71.3 Å². The van der Waals surface area contributed by atoms with E-state index in [-0.39, 0.29) is 0 Å². The van der Waals surface area contributed by atoms with Gasteiger partial charge in [0, 0.05) is 141 Å². The zero-order chi connectivity index (χ0) is 77.8. The minimum absolute atomic E-state index is 0.324. The SMILES string of the molecule is Cc1cccc2c1B1c3c(C)cncc3Cc3cncc(c31)C2.Cc1cccc2c1B1c3c(C)cncc3Cc3cncc(c31)C2.Cc1cccc2c1B1c3c(C)cncc3Cc3nccc(c31)C2.Cc1cccc2c1B1c3c(cncc3Cc3ccc[n+](C)c31)C2.Cc1cccc2c1B1c3c(cncc3Cc3nccc(C)c31)C2. The summed E-state index contributed by atoms with van der Waals surface area (Å²) in [5, 5.41) is 0. The molecule has 15 heteroatoms. The summed E-state index contributed by atoms with van der Waals surface area (Å²) in [4.78, 5) is 40.8. The van der Waals surface area contributed by atoms with Gasteiger partial charge in [-0.1, -0.05) is 190 Å². The molecule has 0 atom stereocenters. The molecule has 10 aromatic heterocycles. The van der Waals surface area contributed by atoms with E-state index in [2.05, 4.69) is 274 Å².